The van der Waals surface area contributed by atoms with E-state index in [4.69, 9.17) is 0 Å². The quantitative estimate of drug-likeness (QED) is 0.947. The molecule has 0 atom stereocenters. The molecular weight excluding hydrogens is 274 g/mol. The SMILES string of the molecule is CC(C)NC(=O)c1cccnc1N1CCc2ccccc2C1. The van der Waals surface area contributed by atoms with Gasteiger partial charge in [-0.3, -0.25) is 4.79 Å². The number of anilines is 1. The van der Waals surface area contributed by atoms with Crippen molar-refractivity contribution in [3.8, 4) is 0 Å². The Morgan fingerprint density at radius 2 is 1.95 bits per heavy atom. The maximum absolute atomic E-state index is 12.4. The number of benzene rings is 1. The average molecular weight is 295 g/mol. The molecule has 1 amide bonds. The monoisotopic (exact) mass is 295 g/mol. The molecule has 1 N–H and O–H groups in total. The Hall–Kier alpha value is -2.36. The number of carbonyl (C=O) groups is 1. The summed E-state index contributed by atoms with van der Waals surface area (Å²) in [5.74, 6) is 0.715. The third kappa shape index (κ3) is 2.96. The van der Waals surface area contributed by atoms with Gasteiger partial charge in [-0.05, 0) is 43.5 Å². The van der Waals surface area contributed by atoms with Crippen LogP contribution in [0.3, 0.4) is 0 Å². The Morgan fingerprint density at radius 3 is 2.73 bits per heavy atom. The van der Waals surface area contributed by atoms with E-state index in [1.54, 1.807) is 6.20 Å². The third-order valence-corrected chi connectivity index (χ3v) is 3.88. The van der Waals surface area contributed by atoms with E-state index >= 15 is 0 Å². The van der Waals surface area contributed by atoms with Gasteiger partial charge >= 0.3 is 0 Å². The van der Waals surface area contributed by atoms with Crippen LogP contribution < -0.4 is 10.2 Å². The van der Waals surface area contributed by atoms with Crippen LogP contribution in [0.2, 0.25) is 0 Å². The first-order valence-electron chi connectivity index (χ1n) is 7.73. The first-order chi connectivity index (χ1) is 10.6. The van der Waals surface area contributed by atoms with Crippen LogP contribution in [0.4, 0.5) is 5.82 Å². The molecule has 1 aliphatic heterocycles. The van der Waals surface area contributed by atoms with Crippen molar-refractivity contribution in [1.29, 1.82) is 0 Å². The molecule has 114 valence electrons. The van der Waals surface area contributed by atoms with Gasteiger partial charge < -0.3 is 10.2 Å². The highest BCUT2D eigenvalue weighted by Crippen LogP contribution is 2.25. The first-order valence-corrected chi connectivity index (χ1v) is 7.73. The normalized spacial score (nSPS) is 13.9. The summed E-state index contributed by atoms with van der Waals surface area (Å²) in [6, 6.07) is 12.2. The number of hydrogen-bond donors (Lipinski definition) is 1. The number of nitrogens with zero attached hydrogens (tertiary/aromatic N) is 2. The van der Waals surface area contributed by atoms with Crippen LogP contribution in [0.1, 0.15) is 35.3 Å². The van der Waals surface area contributed by atoms with Gasteiger partial charge in [-0.1, -0.05) is 24.3 Å². The highest BCUT2D eigenvalue weighted by atomic mass is 16.1. The van der Waals surface area contributed by atoms with Crippen LogP contribution in [0.15, 0.2) is 42.6 Å². The molecule has 0 bridgehead atoms. The number of aromatic nitrogens is 1. The summed E-state index contributed by atoms with van der Waals surface area (Å²) in [5.41, 5.74) is 3.35. The van der Waals surface area contributed by atoms with Crippen LogP contribution in [-0.4, -0.2) is 23.5 Å². The van der Waals surface area contributed by atoms with Crippen LogP contribution in [0.25, 0.3) is 0 Å². The topological polar surface area (TPSA) is 45.2 Å². The Kier molecular flexibility index (Phi) is 4.09. The second-order valence-corrected chi connectivity index (χ2v) is 5.94. The predicted molar refractivity (Wildman–Crippen MR) is 88.0 cm³/mol. The lowest BCUT2D eigenvalue weighted by molar-refractivity contribution is 0.0943. The smallest absolute Gasteiger partial charge is 0.255 e. The summed E-state index contributed by atoms with van der Waals surface area (Å²) in [7, 11) is 0. The maximum atomic E-state index is 12.4. The van der Waals surface area contributed by atoms with Crippen LogP contribution in [-0.2, 0) is 13.0 Å². The summed E-state index contributed by atoms with van der Waals surface area (Å²) in [4.78, 5) is 19.0. The molecule has 1 aromatic heterocycles. The molecule has 0 saturated carbocycles. The third-order valence-electron chi connectivity index (χ3n) is 3.88. The minimum Gasteiger partial charge on any atom is -0.351 e. The number of amides is 1. The van der Waals surface area contributed by atoms with Crippen molar-refractivity contribution < 1.29 is 4.79 Å². The van der Waals surface area contributed by atoms with Gasteiger partial charge in [-0.2, -0.15) is 0 Å². The van der Waals surface area contributed by atoms with Crippen LogP contribution in [0.5, 0.6) is 0 Å². The molecule has 0 aliphatic carbocycles. The van der Waals surface area contributed by atoms with Gasteiger partial charge in [0.15, 0.2) is 0 Å². The van der Waals surface area contributed by atoms with E-state index in [1.165, 1.54) is 11.1 Å². The molecule has 2 heterocycles. The summed E-state index contributed by atoms with van der Waals surface area (Å²) in [6.45, 7) is 5.61. The van der Waals surface area contributed by atoms with E-state index in [-0.39, 0.29) is 11.9 Å². The van der Waals surface area contributed by atoms with E-state index in [9.17, 15) is 4.79 Å². The molecule has 3 rings (SSSR count). The second-order valence-electron chi connectivity index (χ2n) is 5.94. The molecule has 0 radical (unpaired) electrons. The molecule has 1 aromatic carbocycles. The Bertz CT molecular complexity index is 682. The van der Waals surface area contributed by atoms with E-state index in [0.717, 1.165) is 25.3 Å². The number of pyridine rings is 1. The standard InChI is InChI=1S/C18H21N3O/c1-13(2)20-18(22)16-8-5-10-19-17(16)21-11-9-14-6-3-4-7-15(14)12-21/h3-8,10,13H,9,11-12H2,1-2H3,(H,20,22). The fraction of sp³-hybridized carbons (Fsp3) is 0.333. The zero-order valence-corrected chi connectivity index (χ0v) is 13.0. The minimum absolute atomic E-state index is 0.0584. The van der Waals surface area contributed by atoms with Gasteiger partial charge in [0, 0.05) is 25.3 Å². The van der Waals surface area contributed by atoms with Gasteiger partial charge in [0.1, 0.15) is 5.82 Å². The fourth-order valence-corrected chi connectivity index (χ4v) is 2.84. The van der Waals surface area contributed by atoms with Gasteiger partial charge in [0.2, 0.25) is 0 Å². The number of carbonyl (C=O) groups excluding carboxylic acids is 1. The molecule has 1 aliphatic rings. The van der Waals surface area contributed by atoms with E-state index in [0.29, 0.717) is 5.56 Å². The maximum Gasteiger partial charge on any atom is 0.255 e. The largest absolute Gasteiger partial charge is 0.351 e. The molecule has 22 heavy (non-hydrogen) atoms. The number of fused-ring (bicyclic) bond motifs is 1. The minimum atomic E-state index is -0.0584. The molecule has 4 heteroatoms. The Morgan fingerprint density at radius 1 is 1.18 bits per heavy atom. The number of nitrogens with one attached hydrogen (secondary N) is 1. The summed E-state index contributed by atoms with van der Waals surface area (Å²) >= 11 is 0. The molecular formula is C18H21N3O. The predicted octanol–water partition coefficient (Wildman–Crippen LogP) is 2.78. The van der Waals surface area contributed by atoms with E-state index in [1.807, 2.05) is 26.0 Å². The fourth-order valence-electron chi connectivity index (χ4n) is 2.84. The van der Waals surface area contributed by atoms with Crippen molar-refractivity contribution in [3.05, 3.63) is 59.3 Å². The Labute approximate surface area is 131 Å². The van der Waals surface area contributed by atoms with E-state index < -0.39 is 0 Å². The molecule has 0 unspecified atom stereocenters. The van der Waals surface area contributed by atoms with Gasteiger partial charge in [0.25, 0.3) is 5.91 Å². The van der Waals surface area contributed by atoms with Crippen molar-refractivity contribution in [3.63, 3.8) is 0 Å². The molecule has 4 nitrogen and oxygen atoms in total. The lowest BCUT2D eigenvalue weighted by Crippen LogP contribution is -2.35. The summed E-state index contributed by atoms with van der Waals surface area (Å²) < 4.78 is 0. The summed E-state index contributed by atoms with van der Waals surface area (Å²) in [5, 5.41) is 2.95. The second kappa shape index (κ2) is 6.18. The lowest BCUT2D eigenvalue weighted by atomic mass is 9.99. The van der Waals surface area contributed by atoms with Crippen molar-refractivity contribution in [2.75, 3.05) is 11.4 Å². The van der Waals surface area contributed by atoms with Crippen LogP contribution >= 0.6 is 0 Å². The zero-order chi connectivity index (χ0) is 15.5. The van der Waals surface area contributed by atoms with Crippen molar-refractivity contribution >= 4 is 11.7 Å². The number of rotatable bonds is 3. The van der Waals surface area contributed by atoms with Crippen molar-refractivity contribution in [2.24, 2.45) is 0 Å². The van der Waals surface area contributed by atoms with E-state index in [2.05, 4.69) is 39.5 Å². The molecule has 0 spiro atoms. The zero-order valence-electron chi connectivity index (χ0n) is 13.0. The van der Waals surface area contributed by atoms with Crippen LogP contribution in [0, 0.1) is 0 Å². The average Bonchev–Trinajstić information content (AvgIpc) is 2.54. The highest BCUT2D eigenvalue weighted by molar-refractivity contribution is 5.99. The number of hydrogen-bond acceptors (Lipinski definition) is 3. The van der Waals surface area contributed by atoms with Crippen molar-refractivity contribution in [1.82, 2.24) is 10.3 Å². The highest BCUT2D eigenvalue weighted by Gasteiger charge is 2.22. The van der Waals surface area contributed by atoms with Crippen molar-refractivity contribution in [2.45, 2.75) is 32.9 Å². The van der Waals surface area contributed by atoms with Gasteiger partial charge in [0.05, 0.1) is 5.56 Å². The van der Waals surface area contributed by atoms with Gasteiger partial charge in [-0.15, -0.1) is 0 Å². The molecule has 2 aromatic rings. The molecule has 0 saturated heterocycles. The molecule has 0 fully saturated rings. The Balaban J connectivity index is 1.88. The van der Waals surface area contributed by atoms with Gasteiger partial charge in [-0.25, -0.2) is 4.98 Å². The summed E-state index contributed by atoms with van der Waals surface area (Å²) in [6.07, 6.45) is 2.74. The lowest BCUT2D eigenvalue weighted by Gasteiger charge is -2.31. The first kappa shape index (κ1) is 14.6.